The zero-order chi connectivity index (χ0) is 24.0. The molecule has 0 saturated carbocycles. The first-order valence-corrected chi connectivity index (χ1v) is 10.4. The van der Waals surface area contributed by atoms with Crippen molar-refractivity contribution >= 4 is 18.0 Å². The SMILES string of the molecule is COc1ccc(C2Oc3c(OC)cc(/C=C/COC(C)=O)cc3C2COC(C)=O)cc1OC. The van der Waals surface area contributed by atoms with Gasteiger partial charge in [-0.25, -0.2) is 0 Å². The Bertz CT molecular complexity index is 1040. The molecule has 1 heterocycles. The number of esters is 2. The number of methoxy groups -OCH3 is 3. The molecule has 8 heteroatoms. The molecule has 0 amide bonds. The Kier molecular flexibility index (Phi) is 7.82. The van der Waals surface area contributed by atoms with Gasteiger partial charge in [-0.2, -0.15) is 0 Å². The van der Waals surface area contributed by atoms with Gasteiger partial charge in [0, 0.05) is 19.4 Å². The van der Waals surface area contributed by atoms with E-state index in [9.17, 15) is 9.59 Å². The van der Waals surface area contributed by atoms with Gasteiger partial charge in [0.15, 0.2) is 23.0 Å². The molecule has 3 rings (SSSR count). The Morgan fingerprint density at radius 2 is 1.61 bits per heavy atom. The topological polar surface area (TPSA) is 89.5 Å². The van der Waals surface area contributed by atoms with Gasteiger partial charge in [0.2, 0.25) is 0 Å². The molecule has 2 aromatic rings. The molecule has 2 aromatic carbocycles. The molecule has 8 nitrogen and oxygen atoms in total. The van der Waals surface area contributed by atoms with E-state index in [2.05, 4.69) is 0 Å². The third kappa shape index (κ3) is 5.58. The molecule has 33 heavy (non-hydrogen) atoms. The second kappa shape index (κ2) is 10.8. The first kappa shape index (κ1) is 24.0. The Morgan fingerprint density at radius 1 is 0.909 bits per heavy atom. The monoisotopic (exact) mass is 456 g/mol. The Labute approximate surface area is 193 Å². The highest BCUT2D eigenvalue weighted by molar-refractivity contribution is 5.67. The molecule has 176 valence electrons. The fourth-order valence-electron chi connectivity index (χ4n) is 3.73. The van der Waals surface area contributed by atoms with Crippen LogP contribution in [-0.4, -0.2) is 46.5 Å². The standard InChI is InChI=1S/C25H28O8/c1-15(26)31-10-6-7-17-11-19-20(14-32-16(2)27)24(33-25(19)23(12-17)30-5)18-8-9-21(28-3)22(13-18)29-4/h6-9,11-13,20,24H,10,14H2,1-5H3/b7-6+. The van der Waals surface area contributed by atoms with Crippen LogP contribution in [0.4, 0.5) is 0 Å². The summed E-state index contributed by atoms with van der Waals surface area (Å²) in [6.07, 6.45) is 3.14. The van der Waals surface area contributed by atoms with E-state index in [4.69, 9.17) is 28.4 Å². The lowest BCUT2D eigenvalue weighted by Crippen LogP contribution is -2.17. The molecule has 0 aliphatic carbocycles. The van der Waals surface area contributed by atoms with E-state index in [-0.39, 0.29) is 31.1 Å². The predicted octanol–water partition coefficient (Wildman–Crippen LogP) is 4.07. The van der Waals surface area contributed by atoms with Crippen molar-refractivity contribution in [3.63, 3.8) is 0 Å². The second-order valence-corrected chi connectivity index (χ2v) is 7.41. The van der Waals surface area contributed by atoms with Crippen molar-refractivity contribution < 1.29 is 38.0 Å². The van der Waals surface area contributed by atoms with E-state index in [0.717, 1.165) is 16.7 Å². The molecule has 1 aliphatic rings. The maximum Gasteiger partial charge on any atom is 0.302 e. The minimum Gasteiger partial charge on any atom is -0.493 e. The summed E-state index contributed by atoms with van der Waals surface area (Å²) in [6, 6.07) is 9.34. The smallest absolute Gasteiger partial charge is 0.302 e. The van der Waals surface area contributed by atoms with E-state index < -0.39 is 6.10 Å². The normalized spacial score (nSPS) is 16.6. The first-order valence-electron chi connectivity index (χ1n) is 10.4. The first-order chi connectivity index (χ1) is 15.9. The van der Waals surface area contributed by atoms with Crippen LogP contribution in [0.3, 0.4) is 0 Å². The number of carbonyl (C=O) groups excluding carboxylic acids is 2. The fraction of sp³-hybridized carbons (Fsp3) is 0.360. The van der Waals surface area contributed by atoms with Crippen LogP contribution in [0.25, 0.3) is 6.08 Å². The number of rotatable bonds is 9. The Balaban J connectivity index is 2.00. The van der Waals surface area contributed by atoms with Crippen LogP contribution in [0.2, 0.25) is 0 Å². The number of hydrogen-bond donors (Lipinski definition) is 0. The third-order valence-corrected chi connectivity index (χ3v) is 5.23. The van der Waals surface area contributed by atoms with E-state index in [1.165, 1.54) is 13.8 Å². The highest BCUT2D eigenvalue weighted by Gasteiger charge is 2.39. The van der Waals surface area contributed by atoms with Crippen LogP contribution in [0, 0.1) is 0 Å². The molecule has 2 unspecified atom stereocenters. The number of ether oxygens (including phenoxy) is 6. The maximum atomic E-state index is 11.6. The summed E-state index contributed by atoms with van der Waals surface area (Å²) in [7, 11) is 4.71. The van der Waals surface area contributed by atoms with E-state index >= 15 is 0 Å². The predicted molar refractivity (Wildman–Crippen MR) is 121 cm³/mol. The third-order valence-electron chi connectivity index (χ3n) is 5.23. The molecule has 0 fully saturated rings. The fourth-order valence-corrected chi connectivity index (χ4v) is 3.73. The van der Waals surface area contributed by atoms with E-state index in [1.807, 2.05) is 36.4 Å². The van der Waals surface area contributed by atoms with Crippen molar-refractivity contribution in [3.05, 3.63) is 53.1 Å². The Hall–Kier alpha value is -3.68. The van der Waals surface area contributed by atoms with Gasteiger partial charge in [-0.15, -0.1) is 0 Å². The summed E-state index contributed by atoms with van der Waals surface area (Å²) in [6.45, 7) is 3.02. The molecule has 0 N–H and O–H groups in total. The molecule has 0 spiro atoms. The van der Waals surface area contributed by atoms with Crippen molar-refractivity contribution in [2.45, 2.75) is 25.9 Å². The number of fused-ring (bicyclic) bond motifs is 1. The highest BCUT2D eigenvalue weighted by atomic mass is 16.5. The Morgan fingerprint density at radius 3 is 2.24 bits per heavy atom. The van der Waals surface area contributed by atoms with Gasteiger partial charge >= 0.3 is 11.9 Å². The minimum atomic E-state index is -0.437. The zero-order valence-electron chi connectivity index (χ0n) is 19.4. The van der Waals surface area contributed by atoms with E-state index in [0.29, 0.717) is 23.0 Å². The average molecular weight is 456 g/mol. The van der Waals surface area contributed by atoms with Crippen molar-refractivity contribution in [1.82, 2.24) is 0 Å². The van der Waals surface area contributed by atoms with Crippen LogP contribution >= 0.6 is 0 Å². The summed E-state index contributed by atoms with van der Waals surface area (Å²) in [5.74, 6) is 1.31. The lowest BCUT2D eigenvalue weighted by atomic mass is 9.90. The molecule has 0 bridgehead atoms. The molecule has 0 radical (unpaired) electrons. The quantitative estimate of drug-likeness (QED) is 0.522. The van der Waals surface area contributed by atoms with Gasteiger partial charge < -0.3 is 28.4 Å². The van der Waals surface area contributed by atoms with Crippen molar-refractivity contribution in [2.24, 2.45) is 0 Å². The molecular weight excluding hydrogens is 428 g/mol. The van der Waals surface area contributed by atoms with Crippen molar-refractivity contribution in [3.8, 4) is 23.0 Å². The van der Waals surface area contributed by atoms with E-state index in [1.54, 1.807) is 27.4 Å². The van der Waals surface area contributed by atoms with Crippen LogP contribution in [0.15, 0.2) is 36.4 Å². The number of hydrogen-bond acceptors (Lipinski definition) is 8. The lowest BCUT2D eigenvalue weighted by Gasteiger charge is -2.20. The molecule has 2 atom stereocenters. The maximum absolute atomic E-state index is 11.6. The van der Waals surface area contributed by atoms with Gasteiger partial charge in [-0.3, -0.25) is 9.59 Å². The summed E-state index contributed by atoms with van der Waals surface area (Å²) in [5.41, 5.74) is 2.53. The largest absolute Gasteiger partial charge is 0.493 e. The van der Waals surface area contributed by atoms with Crippen molar-refractivity contribution in [1.29, 1.82) is 0 Å². The van der Waals surface area contributed by atoms with Crippen LogP contribution in [0.5, 0.6) is 23.0 Å². The van der Waals surface area contributed by atoms with Gasteiger partial charge in [-0.05, 0) is 41.5 Å². The van der Waals surface area contributed by atoms with Gasteiger partial charge in [0.05, 0.1) is 27.2 Å². The number of carbonyl (C=O) groups is 2. The van der Waals surface area contributed by atoms with Crippen LogP contribution in [0.1, 0.15) is 42.6 Å². The summed E-state index contributed by atoms with van der Waals surface area (Å²) in [4.78, 5) is 22.6. The minimum absolute atomic E-state index is 0.130. The molecule has 0 aromatic heterocycles. The number of benzene rings is 2. The summed E-state index contributed by atoms with van der Waals surface area (Å²) in [5, 5.41) is 0. The highest BCUT2D eigenvalue weighted by Crippen LogP contribution is 2.51. The summed E-state index contributed by atoms with van der Waals surface area (Å²) >= 11 is 0. The average Bonchev–Trinajstić information content (AvgIpc) is 3.17. The van der Waals surface area contributed by atoms with Gasteiger partial charge in [-0.1, -0.05) is 12.1 Å². The van der Waals surface area contributed by atoms with Gasteiger partial charge in [0.1, 0.15) is 19.3 Å². The second-order valence-electron chi connectivity index (χ2n) is 7.41. The van der Waals surface area contributed by atoms with Crippen LogP contribution in [-0.2, 0) is 19.1 Å². The molecule has 0 saturated heterocycles. The molecule has 1 aliphatic heterocycles. The molecular formula is C25H28O8. The van der Waals surface area contributed by atoms with Crippen molar-refractivity contribution in [2.75, 3.05) is 34.5 Å². The zero-order valence-corrected chi connectivity index (χ0v) is 19.4. The van der Waals surface area contributed by atoms with Crippen LogP contribution < -0.4 is 18.9 Å². The lowest BCUT2D eigenvalue weighted by molar-refractivity contribution is -0.142. The van der Waals surface area contributed by atoms with Gasteiger partial charge in [0.25, 0.3) is 0 Å². The summed E-state index contributed by atoms with van der Waals surface area (Å²) < 4.78 is 33.0.